The topological polar surface area (TPSA) is 109 Å². The molecule has 4 rings (SSSR count). The minimum absolute atomic E-state index is 0.271. The van der Waals surface area contributed by atoms with Gasteiger partial charge >= 0.3 is 5.76 Å². The summed E-state index contributed by atoms with van der Waals surface area (Å²) in [7, 11) is 0. The van der Waals surface area contributed by atoms with E-state index in [1.165, 1.54) is 0 Å². The van der Waals surface area contributed by atoms with Gasteiger partial charge in [0, 0.05) is 31.7 Å². The third-order valence-corrected chi connectivity index (χ3v) is 5.94. The number of nitriles is 1. The Morgan fingerprint density at radius 1 is 1.30 bits per heavy atom. The molecule has 2 N–H and O–H groups in total. The van der Waals surface area contributed by atoms with E-state index in [9.17, 15) is 14.9 Å². The molecule has 0 bridgehead atoms. The molecule has 2 atom stereocenters. The van der Waals surface area contributed by atoms with Crippen LogP contribution in [-0.2, 0) is 22.5 Å². The van der Waals surface area contributed by atoms with Crippen molar-refractivity contribution >= 4 is 17.0 Å². The van der Waals surface area contributed by atoms with Crippen molar-refractivity contribution in [3.63, 3.8) is 0 Å². The van der Waals surface area contributed by atoms with E-state index in [1.54, 1.807) is 4.57 Å². The lowest BCUT2D eigenvalue weighted by molar-refractivity contribution is -0.132. The van der Waals surface area contributed by atoms with Gasteiger partial charge in [-0.25, -0.2) is 4.79 Å². The molecule has 8 heteroatoms. The van der Waals surface area contributed by atoms with Gasteiger partial charge in [-0.05, 0) is 43.5 Å². The van der Waals surface area contributed by atoms with E-state index in [-0.39, 0.29) is 11.7 Å². The Hall–Kier alpha value is -3.41. The molecule has 1 aliphatic heterocycles. The van der Waals surface area contributed by atoms with E-state index < -0.39 is 12.1 Å². The molecule has 2 heterocycles. The number of amides is 1. The molecule has 3 aromatic rings. The van der Waals surface area contributed by atoms with Gasteiger partial charge in [-0.3, -0.25) is 9.36 Å². The number of nitrogens with one attached hydrogen (secondary N) is 2. The van der Waals surface area contributed by atoms with Gasteiger partial charge in [-0.15, -0.1) is 0 Å². The molecule has 0 saturated carbocycles. The van der Waals surface area contributed by atoms with Crippen molar-refractivity contribution in [2.24, 2.45) is 0 Å². The standard InChI is InChI=1S/C25H28N4O4/c1-3-29-22-20(10-5-16(2)23(22)33-25(29)31)18-8-6-17(7-9-18)13-19(14-26)28-24(30)21-15-27-11-4-12-32-21/h5-10,19,21,27H,3-4,11-13,15H2,1-2H3,(H,28,30)/t19-,21?/m0/s1. The summed E-state index contributed by atoms with van der Waals surface area (Å²) < 4.78 is 12.7. The first kappa shape index (κ1) is 22.8. The van der Waals surface area contributed by atoms with Gasteiger partial charge in [-0.2, -0.15) is 5.26 Å². The summed E-state index contributed by atoms with van der Waals surface area (Å²) >= 11 is 0. The SMILES string of the molecule is CCn1c(=O)oc2c(C)ccc(-c3ccc(C[C@@H](C#N)NC(=O)C4CNCCCO4)cc3)c21. The second kappa shape index (κ2) is 10.0. The van der Waals surface area contributed by atoms with Crippen LogP contribution in [0, 0.1) is 18.3 Å². The van der Waals surface area contributed by atoms with Crippen LogP contribution in [0.4, 0.5) is 0 Å². The van der Waals surface area contributed by atoms with Crippen molar-refractivity contribution in [2.75, 3.05) is 19.7 Å². The molecule has 0 radical (unpaired) electrons. The highest BCUT2D eigenvalue weighted by molar-refractivity contribution is 5.93. The van der Waals surface area contributed by atoms with Gasteiger partial charge in [0.05, 0.1) is 11.6 Å². The Morgan fingerprint density at radius 3 is 2.82 bits per heavy atom. The van der Waals surface area contributed by atoms with E-state index in [2.05, 4.69) is 16.7 Å². The number of oxazole rings is 1. The van der Waals surface area contributed by atoms with Crippen LogP contribution in [0.3, 0.4) is 0 Å². The number of hydrogen-bond donors (Lipinski definition) is 2. The third-order valence-electron chi connectivity index (χ3n) is 5.94. The summed E-state index contributed by atoms with van der Waals surface area (Å²) in [6.45, 7) is 6.14. The zero-order chi connectivity index (χ0) is 23.4. The Morgan fingerprint density at radius 2 is 2.09 bits per heavy atom. The Bertz CT molecular complexity index is 1230. The maximum Gasteiger partial charge on any atom is 0.419 e. The van der Waals surface area contributed by atoms with E-state index in [0.717, 1.165) is 40.7 Å². The fourth-order valence-corrected chi connectivity index (χ4v) is 4.16. The maximum atomic E-state index is 12.5. The highest BCUT2D eigenvalue weighted by Crippen LogP contribution is 2.30. The molecule has 1 amide bonds. The predicted molar refractivity (Wildman–Crippen MR) is 125 cm³/mol. The summed E-state index contributed by atoms with van der Waals surface area (Å²) in [5, 5.41) is 15.5. The number of fused-ring (bicyclic) bond motifs is 1. The molecule has 33 heavy (non-hydrogen) atoms. The number of aromatic nitrogens is 1. The van der Waals surface area contributed by atoms with Gasteiger partial charge in [0.15, 0.2) is 5.58 Å². The van der Waals surface area contributed by atoms with E-state index in [4.69, 9.17) is 9.15 Å². The first-order chi connectivity index (χ1) is 16.0. The Kier molecular flexibility index (Phi) is 6.92. The lowest BCUT2D eigenvalue weighted by atomic mass is 9.99. The lowest BCUT2D eigenvalue weighted by Gasteiger charge is -2.18. The van der Waals surface area contributed by atoms with Crippen LogP contribution in [0.1, 0.15) is 24.5 Å². The molecule has 2 aromatic carbocycles. The highest BCUT2D eigenvalue weighted by Gasteiger charge is 2.23. The van der Waals surface area contributed by atoms with Crippen molar-refractivity contribution in [2.45, 2.75) is 45.4 Å². The van der Waals surface area contributed by atoms with E-state index in [1.807, 2.05) is 50.2 Å². The van der Waals surface area contributed by atoms with Crippen molar-refractivity contribution in [1.82, 2.24) is 15.2 Å². The molecule has 1 aromatic heterocycles. The fraction of sp³-hybridized carbons (Fsp3) is 0.400. The number of rotatable bonds is 6. The fourth-order valence-electron chi connectivity index (χ4n) is 4.16. The van der Waals surface area contributed by atoms with Crippen molar-refractivity contribution in [3.05, 3.63) is 58.1 Å². The monoisotopic (exact) mass is 448 g/mol. The smallest absolute Gasteiger partial charge is 0.407 e. The summed E-state index contributed by atoms with van der Waals surface area (Å²) in [6, 6.07) is 13.3. The normalized spacial score (nSPS) is 17.3. The summed E-state index contributed by atoms with van der Waals surface area (Å²) in [5.41, 5.74) is 5.09. The quantitative estimate of drug-likeness (QED) is 0.600. The summed E-state index contributed by atoms with van der Waals surface area (Å²) in [6.07, 6.45) is 0.663. The highest BCUT2D eigenvalue weighted by atomic mass is 16.5. The van der Waals surface area contributed by atoms with Crippen LogP contribution < -0.4 is 16.4 Å². The maximum absolute atomic E-state index is 12.5. The number of aryl methyl sites for hydroxylation is 2. The van der Waals surface area contributed by atoms with Crippen LogP contribution in [0.5, 0.6) is 0 Å². The molecule has 8 nitrogen and oxygen atoms in total. The van der Waals surface area contributed by atoms with Crippen molar-refractivity contribution in [3.8, 4) is 17.2 Å². The number of hydrogen-bond acceptors (Lipinski definition) is 6. The molecule has 1 fully saturated rings. The molecule has 1 saturated heterocycles. The first-order valence-electron chi connectivity index (χ1n) is 11.3. The van der Waals surface area contributed by atoms with Gasteiger partial charge in [0.1, 0.15) is 12.1 Å². The summed E-state index contributed by atoms with van der Waals surface area (Å²) in [4.78, 5) is 24.8. The number of nitrogens with zero attached hydrogens (tertiary/aromatic N) is 2. The van der Waals surface area contributed by atoms with Crippen LogP contribution in [0.2, 0.25) is 0 Å². The average Bonchev–Trinajstić information content (AvgIpc) is 2.98. The van der Waals surface area contributed by atoms with Crippen LogP contribution in [-0.4, -0.2) is 42.3 Å². The molecular formula is C25H28N4O4. The Balaban J connectivity index is 1.52. The zero-order valence-electron chi connectivity index (χ0n) is 18.9. The molecule has 0 spiro atoms. The van der Waals surface area contributed by atoms with E-state index >= 15 is 0 Å². The molecule has 172 valence electrons. The number of carbonyl (C=O) groups excluding carboxylic acids is 1. The Labute approximate surface area is 192 Å². The molecular weight excluding hydrogens is 420 g/mol. The van der Waals surface area contributed by atoms with Gasteiger partial charge in [-0.1, -0.05) is 36.4 Å². The number of carbonyl (C=O) groups is 1. The number of benzene rings is 2. The molecule has 1 aliphatic rings. The van der Waals surface area contributed by atoms with Crippen LogP contribution in [0.25, 0.3) is 22.2 Å². The third kappa shape index (κ3) is 4.85. The first-order valence-corrected chi connectivity index (χ1v) is 11.3. The molecule has 0 aliphatic carbocycles. The minimum atomic E-state index is -0.652. The summed E-state index contributed by atoms with van der Waals surface area (Å²) in [5.74, 6) is -0.632. The van der Waals surface area contributed by atoms with Gasteiger partial charge in [0.2, 0.25) is 0 Å². The average molecular weight is 449 g/mol. The zero-order valence-corrected chi connectivity index (χ0v) is 18.9. The second-order valence-corrected chi connectivity index (χ2v) is 8.23. The van der Waals surface area contributed by atoms with Crippen molar-refractivity contribution in [1.29, 1.82) is 5.26 Å². The minimum Gasteiger partial charge on any atom is -0.407 e. The second-order valence-electron chi connectivity index (χ2n) is 8.23. The van der Waals surface area contributed by atoms with Crippen molar-refractivity contribution < 1.29 is 13.9 Å². The molecule has 1 unspecified atom stereocenters. The predicted octanol–water partition coefficient (Wildman–Crippen LogP) is 2.52. The largest absolute Gasteiger partial charge is 0.419 e. The number of ether oxygens (including phenoxy) is 1. The van der Waals surface area contributed by atoms with Gasteiger partial charge < -0.3 is 19.8 Å². The van der Waals surface area contributed by atoms with Gasteiger partial charge in [0.25, 0.3) is 5.91 Å². The lowest BCUT2D eigenvalue weighted by Crippen LogP contribution is -2.46. The van der Waals surface area contributed by atoms with E-state index in [0.29, 0.717) is 31.7 Å². The van der Waals surface area contributed by atoms with Crippen LogP contribution >= 0.6 is 0 Å². The van der Waals surface area contributed by atoms with Crippen LogP contribution in [0.15, 0.2) is 45.6 Å².